The molecule has 0 fully saturated rings. The Morgan fingerprint density at radius 3 is 0.936 bits per heavy atom. The van der Waals surface area contributed by atoms with Crippen LogP contribution in [0.4, 0.5) is 34.1 Å². The lowest BCUT2D eigenvalue weighted by atomic mass is 10.0. The second-order valence-corrected chi connectivity index (χ2v) is 13.6. The Bertz CT molecular complexity index is 1870. The largest absolute Gasteiger partial charge is 0.310 e. The van der Waals surface area contributed by atoms with E-state index in [1.807, 2.05) is 0 Å². The van der Waals surface area contributed by atoms with Gasteiger partial charge >= 0.3 is 0 Å². The van der Waals surface area contributed by atoms with Crippen LogP contribution in [0.5, 0.6) is 0 Å². The minimum absolute atomic E-state index is 1.09. The lowest BCUT2D eigenvalue weighted by Crippen LogP contribution is -2.12. The van der Waals surface area contributed by atoms with Gasteiger partial charge in [-0.1, -0.05) is 105 Å². The van der Waals surface area contributed by atoms with Gasteiger partial charge in [-0.3, -0.25) is 0 Å². The first-order valence-electron chi connectivity index (χ1n) is 16.2. The van der Waals surface area contributed by atoms with Crippen molar-refractivity contribution in [1.29, 1.82) is 0 Å². The fourth-order valence-electron chi connectivity index (χ4n) is 6.21. The SMILES string of the molecule is Cc1ccc(N(c2ccc(Br)cc2)c2ccc(C)cc2C)c(C)c1.Cc1ccc(N(c2ccccc2)c2ccc(C)cc2C)c(C)c1. The summed E-state index contributed by atoms with van der Waals surface area (Å²) in [5.41, 5.74) is 17.5. The van der Waals surface area contributed by atoms with Gasteiger partial charge in [0.25, 0.3) is 0 Å². The second-order valence-electron chi connectivity index (χ2n) is 12.6. The number of hydrogen-bond acceptors (Lipinski definition) is 2. The molecular formula is C44H45BrN2. The summed E-state index contributed by atoms with van der Waals surface area (Å²) in [6.45, 7) is 17.3. The van der Waals surface area contributed by atoms with Crippen molar-refractivity contribution in [3.05, 3.63) is 176 Å². The van der Waals surface area contributed by atoms with Crippen molar-refractivity contribution in [2.45, 2.75) is 55.4 Å². The number of anilines is 6. The van der Waals surface area contributed by atoms with Gasteiger partial charge in [-0.2, -0.15) is 0 Å². The van der Waals surface area contributed by atoms with Crippen LogP contribution < -0.4 is 9.80 Å². The Morgan fingerprint density at radius 2 is 0.638 bits per heavy atom. The summed E-state index contributed by atoms with van der Waals surface area (Å²) < 4.78 is 1.09. The molecule has 0 heterocycles. The lowest BCUT2D eigenvalue weighted by molar-refractivity contribution is 1.21. The molecule has 0 saturated carbocycles. The molecule has 0 aromatic heterocycles. The summed E-state index contributed by atoms with van der Waals surface area (Å²) in [7, 11) is 0. The molecule has 2 nitrogen and oxygen atoms in total. The number of halogens is 1. The van der Waals surface area contributed by atoms with Gasteiger partial charge in [-0.05, 0) is 138 Å². The predicted octanol–water partition coefficient (Wildman–Crippen LogP) is 13.5. The van der Waals surface area contributed by atoms with Crippen molar-refractivity contribution < 1.29 is 0 Å². The average molecular weight is 682 g/mol. The van der Waals surface area contributed by atoms with Crippen LogP contribution in [0.1, 0.15) is 44.5 Å². The van der Waals surface area contributed by atoms with Crippen LogP contribution in [0.25, 0.3) is 0 Å². The number of benzene rings is 6. The van der Waals surface area contributed by atoms with Gasteiger partial charge in [0.05, 0.1) is 0 Å². The van der Waals surface area contributed by atoms with Gasteiger partial charge in [0, 0.05) is 38.6 Å². The molecule has 0 aliphatic heterocycles. The quantitative estimate of drug-likeness (QED) is 0.173. The molecule has 6 aromatic rings. The number of rotatable bonds is 6. The molecule has 6 aromatic carbocycles. The Hall–Kier alpha value is -4.60. The summed E-state index contributed by atoms with van der Waals surface area (Å²) in [4.78, 5) is 4.69. The van der Waals surface area contributed by atoms with Crippen molar-refractivity contribution >= 4 is 50.1 Å². The molecule has 238 valence electrons. The number of hydrogen-bond donors (Lipinski definition) is 0. The minimum atomic E-state index is 1.09. The molecule has 0 radical (unpaired) electrons. The fraction of sp³-hybridized carbons (Fsp3) is 0.182. The average Bonchev–Trinajstić information content (AvgIpc) is 3.03. The molecule has 0 amide bonds. The molecule has 47 heavy (non-hydrogen) atoms. The van der Waals surface area contributed by atoms with Crippen LogP contribution in [0.3, 0.4) is 0 Å². The second kappa shape index (κ2) is 14.9. The molecule has 0 spiro atoms. The number of para-hydroxylation sites is 1. The third kappa shape index (κ3) is 8.04. The predicted molar refractivity (Wildman–Crippen MR) is 208 cm³/mol. The van der Waals surface area contributed by atoms with Gasteiger partial charge in [0.2, 0.25) is 0 Å². The summed E-state index contributed by atoms with van der Waals surface area (Å²) in [6, 6.07) is 45.6. The molecule has 0 N–H and O–H groups in total. The van der Waals surface area contributed by atoms with Crippen LogP contribution in [0.2, 0.25) is 0 Å². The molecule has 6 rings (SSSR count). The highest BCUT2D eigenvalue weighted by Crippen LogP contribution is 2.40. The Kier molecular flexibility index (Phi) is 10.7. The van der Waals surface area contributed by atoms with Crippen LogP contribution in [-0.4, -0.2) is 0 Å². The Morgan fingerprint density at radius 1 is 0.340 bits per heavy atom. The van der Waals surface area contributed by atoms with Gasteiger partial charge in [-0.25, -0.2) is 0 Å². The molecule has 0 aliphatic rings. The maximum absolute atomic E-state index is 3.54. The van der Waals surface area contributed by atoms with E-state index in [9.17, 15) is 0 Å². The zero-order valence-electron chi connectivity index (χ0n) is 28.9. The topological polar surface area (TPSA) is 6.48 Å². The van der Waals surface area contributed by atoms with E-state index < -0.39 is 0 Å². The van der Waals surface area contributed by atoms with Gasteiger partial charge < -0.3 is 9.80 Å². The maximum Gasteiger partial charge on any atom is 0.0491 e. The van der Waals surface area contributed by atoms with Crippen molar-refractivity contribution in [2.75, 3.05) is 9.80 Å². The van der Waals surface area contributed by atoms with Gasteiger partial charge in [-0.15, -0.1) is 0 Å². The molecule has 0 unspecified atom stereocenters. The highest BCUT2D eigenvalue weighted by Gasteiger charge is 2.17. The van der Waals surface area contributed by atoms with Gasteiger partial charge in [0.15, 0.2) is 0 Å². The molecular weight excluding hydrogens is 636 g/mol. The van der Waals surface area contributed by atoms with Crippen LogP contribution in [0.15, 0.2) is 132 Å². The lowest BCUT2D eigenvalue weighted by Gasteiger charge is -2.29. The van der Waals surface area contributed by atoms with Crippen LogP contribution in [-0.2, 0) is 0 Å². The molecule has 3 heteroatoms. The highest BCUT2D eigenvalue weighted by molar-refractivity contribution is 9.10. The monoisotopic (exact) mass is 680 g/mol. The van der Waals surface area contributed by atoms with E-state index in [1.54, 1.807) is 0 Å². The zero-order valence-corrected chi connectivity index (χ0v) is 30.5. The maximum atomic E-state index is 3.54. The summed E-state index contributed by atoms with van der Waals surface area (Å²) in [6.07, 6.45) is 0. The zero-order chi connectivity index (χ0) is 33.7. The Balaban J connectivity index is 0.000000185. The summed E-state index contributed by atoms with van der Waals surface area (Å²) in [5, 5.41) is 0. The standard InChI is InChI=1S/C22H22BrN.C22H23N/c1-15-5-11-21(17(3)13-15)24(20-9-7-19(23)8-10-20)22-12-6-16(2)14-18(22)4;1-16-10-12-21(18(3)14-16)23(20-8-6-5-7-9-20)22-13-11-17(2)15-19(22)4/h5-14H,1-4H3;5-15H,1-4H3. The van der Waals surface area contributed by atoms with E-state index in [0.717, 1.165) is 10.2 Å². The molecule has 0 atom stereocenters. The minimum Gasteiger partial charge on any atom is -0.310 e. The number of nitrogens with zero attached hydrogens (tertiary/aromatic N) is 2. The van der Waals surface area contributed by atoms with E-state index >= 15 is 0 Å². The van der Waals surface area contributed by atoms with Crippen molar-refractivity contribution in [2.24, 2.45) is 0 Å². The van der Waals surface area contributed by atoms with E-state index in [-0.39, 0.29) is 0 Å². The van der Waals surface area contributed by atoms with E-state index in [0.29, 0.717) is 0 Å². The Labute approximate surface area is 290 Å². The molecule has 0 aliphatic carbocycles. The summed E-state index contributed by atoms with van der Waals surface area (Å²) in [5.74, 6) is 0. The van der Waals surface area contributed by atoms with E-state index in [4.69, 9.17) is 0 Å². The highest BCUT2D eigenvalue weighted by atomic mass is 79.9. The first-order chi connectivity index (χ1) is 22.5. The first kappa shape index (κ1) is 33.8. The van der Waals surface area contributed by atoms with Crippen LogP contribution in [0, 0.1) is 55.4 Å². The van der Waals surface area contributed by atoms with Crippen molar-refractivity contribution in [1.82, 2.24) is 0 Å². The number of aryl methyl sites for hydroxylation is 8. The fourth-order valence-corrected chi connectivity index (χ4v) is 6.47. The third-order valence-corrected chi connectivity index (χ3v) is 9.00. The van der Waals surface area contributed by atoms with E-state index in [2.05, 4.69) is 209 Å². The normalized spacial score (nSPS) is 10.7. The molecule has 0 bridgehead atoms. The van der Waals surface area contributed by atoms with Crippen molar-refractivity contribution in [3.8, 4) is 0 Å². The molecule has 0 saturated heterocycles. The summed E-state index contributed by atoms with van der Waals surface area (Å²) >= 11 is 3.54. The first-order valence-corrected chi connectivity index (χ1v) is 17.0. The van der Waals surface area contributed by atoms with Crippen molar-refractivity contribution in [3.63, 3.8) is 0 Å². The van der Waals surface area contributed by atoms with E-state index in [1.165, 1.54) is 72.9 Å². The smallest absolute Gasteiger partial charge is 0.0491 e. The van der Waals surface area contributed by atoms with Crippen LogP contribution >= 0.6 is 15.9 Å². The third-order valence-electron chi connectivity index (χ3n) is 8.47. The van der Waals surface area contributed by atoms with Gasteiger partial charge in [0.1, 0.15) is 0 Å².